The Morgan fingerprint density at radius 3 is 2.84 bits per heavy atom. The summed E-state index contributed by atoms with van der Waals surface area (Å²) in [6.45, 7) is 1.83. The van der Waals surface area contributed by atoms with Crippen LogP contribution in [0.5, 0.6) is 0 Å². The molecule has 19 heavy (non-hydrogen) atoms. The fourth-order valence-electron chi connectivity index (χ4n) is 1.92. The molecule has 6 heteroatoms. The van der Waals surface area contributed by atoms with Crippen molar-refractivity contribution in [1.82, 2.24) is 9.78 Å². The van der Waals surface area contributed by atoms with Crippen molar-refractivity contribution in [2.24, 2.45) is 0 Å². The molecule has 0 aliphatic rings. The Bertz CT molecular complexity index is 740. The number of fused-ring (bicyclic) bond motifs is 1. The predicted molar refractivity (Wildman–Crippen MR) is 67.5 cm³/mol. The Hall–Kier alpha value is -1.82. The number of hydrogen-bond acceptors (Lipinski definition) is 2. The van der Waals surface area contributed by atoms with Crippen molar-refractivity contribution in [2.75, 3.05) is 0 Å². The van der Waals surface area contributed by atoms with Crippen molar-refractivity contribution in [2.45, 2.75) is 13.1 Å². The molecule has 2 heterocycles. The molecule has 0 fully saturated rings. The van der Waals surface area contributed by atoms with Gasteiger partial charge in [0.05, 0.1) is 16.9 Å². The van der Waals surface area contributed by atoms with Crippen LogP contribution in [0.3, 0.4) is 0 Å². The van der Waals surface area contributed by atoms with Gasteiger partial charge in [0, 0.05) is 10.8 Å². The lowest BCUT2D eigenvalue weighted by molar-refractivity contribution is -0.137. The number of alkyl halides is 3. The highest BCUT2D eigenvalue weighted by Gasteiger charge is 2.30. The van der Waals surface area contributed by atoms with Gasteiger partial charge >= 0.3 is 6.18 Å². The van der Waals surface area contributed by atoms with Crippen molar-refractivity contribution < 1.29 is 13.2 Å². The van der Waals surface area contributed by atoms with Crippen LogP contribution in [-0.2, 0) is 6.18 Å². The number of aryl methyl sites for hydroxylation is 1. The third-order valence-electron chi connectivity index (χ3n) is 2.84. The maximum atomic E-state index is 12.7. The van der Waals surface area contributed by atoms with Crippen LogP contribution < -0.4 is 0 Å². The molecule has 0 amide bonds. The third kappa shape index (κ3) is 2.02. The normalized spacial score (nSPS) is 12.2. The molecule has 97 valence electrons. The largest absolute Gasteiger partial charge is 0.416 e. The van der Waals surface area contributed by atoms with Gasteiger partial charge in [0.15, 0.2) is 0 Å². The summed E-state index contributed by atoms with van der Waals surface area (Å²) in [6, 6.07) is 6.95. The minimum absolute atomic E-state index is 0.406. The predicted octanol–water partition coefficient (Wildman–Crippen LogP) is 4.21. The SMILES string of the molecule is Cc1nn(-c2cccc(C(F)(F)F)c2)c2s[c]cc12. The third-order valence-corrected chi connectivity index (χ3v) is 3.66. The zero-order chi connectivity index (χ0) is 13.6. The van der Waals surface area contributed by atoms with Gasteiger partial charge in [-0.3, -0.25) is 0 Å². The standard InChI is InChI=1S/C13H8F3N2S/c1-8-11-5-6-19-12(11)18(17-8)10-4-2-3-9(7-10)13(14,15)16/h2-5,7H,1H3. The van der Waals surface area contributed by atoms with Gasteiger partial charge in [-0.25, -0.2) is 4.68 Å². The van der Waals surface area contributed by atoms with Gasteiger partial charge in [-0.1, -0.05) is 6.07 Å². The zero-order valence-corrected chi connectivity index (χ0v) is 10.6. The first-order chi connectivity index (χ1) is 8.97. The summed E-state index contributed by atoms with van der Waals surface area (Å²) in [5.74, 6) is 0. The molecule has 0 saturated carbocycles. The maximum Gasteiger partial charge on any atom is 0.416 e. The number of halogens is 3. The topological polar surface area (TPSA) is 17.8 Å². The van der Waals surface area contributed by atoms with Crippen molar-refractivity contribution in [3.8, 4) is 5.69 Å². The summed E-state index contributed by atoms with van der Waals surface area (Å²) >= 11 is 1.34. The van der Waals surface area contributed by atoms with E-state index in [2.05, 4.69) is 10.5 Å². The highest BCUT2D eigenvalue weighted by atomic mass is 32.1. The van der Waals surface area contributed by atoms with Crippen molar-refractivity contribution in [3.63, 3.8) is 0 Å². The van der Waals surface area contributed by atoms with E-state index in [0.717, 1.165) is 28.0 Å². The molecular weight excluding hydrogens is 273 g/mol. The number of benzene rings is 1. The van der Waals surface area contributed by atoms with Gasteiger partial charge in [-0.2, -0.15) is 18.3 Å². The molecule has 0 spiro atoms. The van der Waals surface area contributed by atoms with Gasteiger partial charge in [-0.05, 0) is 31.2 Å². The van der Waals surface area contributed by atoms with E-state index in [-0.39, 0.29) is 0 Å². The minimum Gasteiger partial charge on any atom is -0.223 e. The van der Waals surface area contributed by atoms with Gasteiger partial charge in [0.2, 0.25) is 0 Å². The highest BCUT2D eigenvalue weighted by molar-refractivity contribution is 7.16. The quantitative estimate of drug-likeness (QED) is 0.653. The van der Waals surface area contributed by atoms with Crippen LogP contribution in [0.1, 0.15) is 11.3 Å². The zero-order valence-electron chi connectivity index (χ0n) is 9.82. The Morgan fingerprint density at radius 1 is 1.32 bits per heavy atom. The Morgan fingerprint density at radius 2 is 2.11 bits per heavy atom. The smallest absolute Gasteiger partial charge is 0.223 e. The average molecular weight is 281 g/mol. The van der Waals surface area contributed by atoms with Crippen molar-refractivity contribution in [1.29, 1.82) is 0 Å². The Kier molecular flexibility index (Phi) is 2.63. The monoisotopic (exact) mass is 281 g/mol. The maximum absolute atomic E-state index is 12.7. The van der Waals surface area contributed by atoms with Crippen LogP contribution in [-0.4, -0.2) is 9.78 Å². The van der Waals surface area contributed by atoms with E-state index >= 15 is 0 Å². The average Bonchev–Trinajstić information content (AvgIpc) is 2.93. The summed E-state index contributed by atoms with van der Waals surface area (Å²) in [7, 11) is 0. The lowest BCUT2D eigenvalue weighted by atomic mass is 10.2. The minimum atomic E-state index is -4.35. The van der Waals surface area contributed by atoms with E-state index in [1.807, 2.05) is 6.92 Å². The molecule has 3 aromatic rings. The number of nitrogens with zero attached hydrogens (tertiary/aromatic N) is 2. The molecule has 2 nitrogen and oxygen atoms in total. The molecule has 3 rings (SSSR count). The first kappa shape index (κ1) is 12.2. The second-order valence-corrected chi connectivity index (χ2v) is 4.95. The molecule has 0 bridgehead atoms. The van der Waals surface area contributed by atoms with Crippen molar-refractivity contribution >= 4 is 21.6 Å². The molecule has 0 N–H and O–H groups in total. The summed E-state index contributed by atoms with van der Waals surface area (Å²) < 4.78 is 39.7. The molecule has 0 atom stereocenters. The number of aromatic nitrogens is 2. The molecule has 1 aromatic carbocycles. The molecule has 0 saturated heterocycles. The fourth-order valence-corrected chi connectivity index (χ4v) is 2.75. The molecular formula is C13H8F3N2S. The molecule has 2 aromatic heterocycles. The van der Waals surface area contributed by atoms with Crippen LogP contribution in [0, 0.1) is 12.3 Å². The Balaban J connectivity index is 2.19. The van der Waals surface area contributed by atoms with Crippen LogP contribution in [0.15, 0.2) is 30.3 Å². The summed E-state index contributed by atoms with van der Waals surface area (Å²) in [5.41, 5.74) is 0.514. The summed E-state index contributed by atoms with van der Waals surface area (Å²) in [6.07, 6.45) is -4.35. The number of hydrogen-bond donors (Lipinski definition) is 0. The first-order valence-electron chi connectivity index (χ1n) is 5.49. The second-order valence-electron chi connectivity index (χ2n) is 4.13. The lowest BCUT2D eigenvalue weighted by Gasteiger charge is -2.08. The van der Waals surface area contributed by atoms with Crippen molar-refractivity contribution in [3.05, 3.63) is 47.0 Å². The van der Waals surface area contributed by atoms with E-state index in [1.165, 1.54) is 22.1 Å². The van der Waals surface area contributed by atoms with Crippen LogP contribution >= 0.6 is 11.3 Å². The molecule has 0 aliphatic carbocycles. The van der Waals surface area contributed by atoms with Crippen LogP contribution in [0.4, 0.5) is 13.2 Å². The van der Waals surface area contributed by atoms with E-state index in [1.54, 1.807) is 12.1 Å². The summed E-state index contributed by atoms with van der Waals surface area (Å²) in [5, 5.41) is 8.17. The second kappa shape index (κ2) is 4.09. The highest BCUT2D eigenvalue weighted by Crippen LogP contribution is 2.32. The van der Waals surface area contributed by atoms with E-state index in [4.69, 9.17) is 0 Å². The number of thiophene rings is 1. The number of rotatable bonds is 1. The van der Waals surface area contributed by atoms with E-state index in [9.17, 15) is 13.2 Å². The molecule has 1 radical (unpaired) electrons. The molecule has 0 unspecified atom stereocenters. The van der Waals surface area contributed by atoms with E-state index < -0.39 is 11.7 Å². The molecule has 0 aliphatic heterocycles. The fraction of sp³-hybridized carbons (Fsp3) is 0.154. The van der Waals surface area contributed by atoms with Gasteiger partial charge in [-0.15, -0.1) is 11.3 Å². The lowest BCUT2D eigenvalue weighted by Crippen LogP contribution is -2.06. The van der Waals surface area contributed by atoms with Gasteiger partial charge in [0.25, 0.3) is 0 Å². The van der Waals surface area contributed by atoms with E-state index in [0.29, 0.717) is 5.69 Å². The van der Waals surface area contributed by atoms with Gasteiger partial charge in [0.1, 0.15) is 4.83 Å². The van der Waals surface area contributed by atoms with Crippen LogP contribution in [0.25, 0.3) is 15.9 Å². The van der Waals surface area contributed by atoms with Gasteiger partial charge < -0.3 is 0 Å². The summed E-state index contributed by atoms with van der Waals surface area (Å²) in [4.78, 5) is 0.803. The van der Waals surface area contributed by atoms with Crippen LogP contribution in [0.2, 0.25) is 0 Å². The Labute approximate surface area is 111 Å². The first-order valence-corrected chi connectivity index (χ1v) is 6.31.